The molecule has 0 fully saturated rings. The Bertz CT molecular complexity index is 1170. The summed E-state index contributed by atoms with van der Waals surface area (Å²) < 4.78 is 22.4. The topological polar surface area (TPSA) is 101 Å². The van der Waals surface area contributed by atoms with E-state index in [-0.39, 0.29) is 31.6 Å². The van der Waals surface area contributed by atoms with Crippen molar-refractivity contribution >= 4 is 11.6 Å². The number of carbonyl (C=O) groups excluding carboxylic acids is 1. The minimum absolute atomic E-state index is 0.156. The molecule has 0 atom stereocenters. The number of carbonyl (C=O) groups is 1. The van der Waals surface area contributed by atoms with Gasteiger partial charge < -0.3 is 24.3 Å². The van der Waals surface area contributed by atoms with E-state index in [4.69, 9.17) is 18.9 Å². The van der Waals surface area contributed by atoms with Crippen molar-refractivity contribution in [2.45, 2.75) is 6.54 Å². The summed E-state index contributed by atoms with van der Waals surface area (Å²) in [6.07, 6.45) is 1.35. The van der Waals surface area contributed by atoms with Crippen molar-refractivity contribution in [1.29, 1.82) is 0 Å². The molecule has 5 rings (SSSR count). The first-order valence-electron chi connectivity index (χ1n) is 8.82. The summed E-state index contributed by atoms with van der Waals surface area (Å²) in [6, 6.07) is 11.8. The molecule has 0 aliphatic carbocycles. The highest BCUT2D eigenvalue weighted by molar-refractivity contribution is 5.91. The number of hydrogen-bond donors (Lipinski definition) is 1. The molecule has 9 nitrogen and oxygen atoms in total. The average Bonchev–Trinajstić information content (AvgIpc) is 3.37. The Kier molecular flexibility index (Phi) is 4.05. The number of amides is 1. The van der Waals surface area contributed by atoms with Gasteiger partial charge in [-0.1, -0.05) is 0 Å². The van der Waals surface area contributed by atoms with Gasteiger partial charge >= 0.3 is 0 Å². The van der Waals surface area contributed by atoms with Gasteiger partial charge in [0.05, 0.1) is 12.0 Å². The number of anilines is 1. The van der Waals surface area contributed by atoms with Gasteiger partial charge in [-0.05, 0) is 30.3 Å². The lowest BCUT2D eigenvalue weighted by molar-refractivity contribution is -0.116. The van der Waals surface area contributed by atoms with Gasteiger partial charge in [0.25, 0.3) is 5.56 Å². The van der Waals surface area contributed by atoms with E-state index >= 15 is 0 Å². The molecular formula is C20H15N3O6. The number of nitrogens with one attached hydrogen (secondary N) is 1. The second-order valence-corrected chi connectivity index (χ2v) is 6.42. The predicted octanol–water partition coefficient (Wildman–Crippen LogP) is 2.01. The molecule has 2 aliphatic heterocycles. The Hall–Kier alpha value is -4.01. The fraction of sp³-hybridized carbons (Fsp3) is 0.150. The molecule has 3 aromatic rings. The van der Waals surface area contributed by atoms with E-state index in [9.17, 15) is 9.59 Å². The van der Waals surface area contributed by atoms with Gasteiger partial charge in [0.15, 0.2) is 23.0 Å². The van der Waals surface area contributed by atoms with Gasteiger partial charge in [0, 0.05) is 23.4 Å². The van der Waals surface area contributed by atoms with Gasteiger partial charge in [-0.25, -0.2) is 4.98 Å². The third kappa shape index (κ3) is 3.33. The Morgan fingerprint density at radius 2 is 1.62 bits per heavy atom. The van der Waals surface area contributed by atoms with Crippen molar-refractivity contribution < 1.29 is 23.7 Å². The third-order valence-electron chi connectivity index (χ3n) is 4.52. The Balaban J connectivity index is 1.30. The highest BCUT2D eigenvalue weighted by Gasteiger charge is 2.16. The van der Waals surface area contributed by atoms with Crippen molar-refractivity contribution in [1.82, 2.24) is 9.55 Å². The second kappa shape index (κ2) is 6.86. The molecule has 0 spiro atoms. The maximum Gasteiger partial charge on any atom is 0.254 e. The van der Waals surface area contributed by atoms with Crippen LogP contribution >= 0.6 is 0 Å². The van der Waals surface area contributed by atoms with Crippen molar-refractivity contribution in [2.75, 3.05) is 18.9 Å². The third-order valence-corrected chi connectivity index (χ3v) is 4.52. The quantitative estimate of drug-likeness (QED) is 0.724. The number of aromatic nitrogens is 2. The molecule has 146 valence electrons. The lowest BCUT2D eigenvalue weighted by Gasteiger charge is -2.09. The van der Waals surface area contributed by atoms with Gasteiger partial charge in [-0.15, -0.1) is 0 Å². The first-order valence-corrected chi connectivity index (χ1v) is 8.82. The Labute approximate surface area is 164 Å². The van der Waals surface area contributed by atoms with E-state index < -0.39 is 0 Å². The van der Waals surface area contributed by atoms with Crippen LogP contribution in [-0.4, -0.2) is 29.0 Å². The van der Waals surface area contributed by atoms with E-state index in [0.29, 0.717) is 34.4 Å². The molecule has 1 N–H and O–H groups in total. The van der Waals surface area contributed by atoms with Crippen LogP contribution in [0.2, 0.25) is 0 Å². The second-order valence-electron chi connectivity index (χ2n) is 6.42. The first kappa shape index (κ1) is 17.1. The Morgan fingerprint density at radius 1 is 0.931 bits per heavy atom. The molecule has 0 saturated heterocycles. The predicted molar refractivity (Wildman–Crippen MR) is 101 cm³/mol. The molecule has 9 heteroatoms. The number of hydrogen-bond acceptors (Lipinski definition) is 7. The maximum atomic E-state index is 12.4. The fourth-order valence-electron chi connectivity index (χ4n) is 3.09. The molecule has 29 heavy (non-hydrogen) atoms. The Morgan fingerprint density at radius 3 is 2.38 bits per heavy atom. The van der Waals surface area contributed by atoms with E-state index in [1.54, 1.807) is 36.4 Å². The largest absolute Gasteiger partial charge is 0.454 e. The van der Waals surface area contributed by atoms with Crippen LogP contribution in [0.15, 0.2) is 53.6 Å². The molecular weight excluding hydrogens is 378 g/mol. The van der Waals surface area contributed by atoms with Gasteiger partial charge in [0.2, 0.25) is 19.5 Å². The highest BCUT2D eigenvalue weighted by Crippen LogP contribution is 2.35. The summed E-state index contributed by atoms with van der Waals surface area (Å²) in [6.45, 7) is 0.164. The monoisotopic (exact) mass is 393 g/mol. The van der Waals surface area contributed by atoms with Crippen LogP contribution in [-0.2, 0) is 11.3 Å². The molecule has 0 unspecified atom stereocenters. The highest BCUT2D eigenvalue weighted by atomic mass is 16.7. The first-order chi connectivity index (χ1) is 14.2. The lowest BCUT2D eigenvalue weighted by atomic mass is 10.1. The standard InChI is InChI=1S/C20H15N3O6/c24-19(22-13-2-4-16-18(6-13)29-11-27-16)8-23-9-21-14(7-20(23)25)12-1-3-15-17(5-12)28-10-26-15/h1-7,9H,8,10-11H2,(H,22,24). The van der Waals surface area contributed by atoms with Gasteiger partial charge in [-0.2, -0.15) is 0 Å². The molecule has 2 aliphatic rings. The van der Waals surface area contributed by atoms with Crippen LogP contribution in [0.25, 0.3) is 11.3 Å². The van der Waals surface area contributed by atoms with Crippen molar-refractivity contribution in [2.24, 2.45) is 0 Å². The fourth-order valence-corrected chi connectivity index (χ4v) is 3.09. The zero-order valence-electron chi connectivity index (χ0n) is 15.1. The number of benzene rings is 2. The van der Waals surface area contributed by atoms with E-state index in [1.165, 1.54) is 17.0 Å². The molecule has 2 aromatic carbocycles. The SMILES string of the molecule is O=C(Cn1cnc(-c2ccc3c(c2)OCO3)cc1=O)Nc1ccc2c(c1)OCO2. The lowest BCUT2D eigenvalue weighted by Crippen LogP contribution is -2.27. The van der Waals surface area contributed by atoms with Crippen LogP contribution in [0.4, 0.5) is 5.69 Å². The van der Waals surface area contributed by atoms with E-state index in [0.717, 1.165) is 5.56 Å². The van der Waals surface area contributed by atoms with E-state index in [1.807, 2.05) is 0 Å². The number of nitrogens with zero attached hydrogens (tertiary/aromatic N) is 2. The molecule has 1 aromatic heterocycles. The summed E-state index contributed by atoms with van der Waals surface area (Å²) in [5.41, 5.74) is 1.43. The van der Waals surface area contributed by atoms with Gasteiger partial charge in [0.1, 0.15) is 6.54 Å². The van der Waals surface area contributed by atoms with Gasteiger partial charge in [-0.3, -0.25) is 14.2 Å². The van der Waals surface area contributed by atoms with Crippen LogP contribution in [0.1, 0.15) is 0 Å². The van der Waals surface area contributed by atoms with Crippen LogP contribution in [0.5, 0.6) is 23.0 Å². The molecule has 1 amide bonds. The molecule has 0 radical (unpaired) electrons. The summed E-state index contributed by atoms with van der Waals surface area (Å²) in [7, 11) is 0. The number of rotatable bonds is 4. The smallest absolute Gasteiger partial charge is 0.254 e. The zero-order chi connectivity index (χ0) is 19.8. The van der Waals surface area contributed by atoms with Crippen molar-refractivity contribution in [3.63, 3.8) is 0 Å². The zero-order valence-corrected chi connectivity index (χ0v) is 15.1. The van der Waals surface area contributed by atoms with Crippen LogP contribution in [0, 0.1) is 0 Å². The summed E-state index contributed by atoms with van der Waals surface area (Å²) in [4.78, 5) is 29.0. The van der Waals surface area contributed by atoms with Crippen molar-refractivity contribution in [3.8, 4) is 34.3 Å². The molecule has 0 saturated carbocycles. The number of fused-ring (bicyclic) bond motifs is 2. The van der Waals surface area contributed by atoms with E-state index in [2.05, 4.69) is 10.3 Å². The van der Waals surface area contributed by atoms with Crippen molar-refractivity contribution in [3.05, 3.63) is 59.1 Å². The van der Waals surface area contributed by atoms with Crippen LogP contribution < -0.4 is 29.8 Å². The van der Waals surface area contributed by atoms with Crippen LogP contribution in [0.3, 0.4) is 0 Å². The normalized spacial score (nSPS) is 13.4. The maximum absolute atomic E-state index is 12.4. The number of ether oxygens (including phenoxy) is 4. The minimum Gasteiger partial charge on any atom is -0.454 e. The summed E-state index contributed by atoms with van der Waals surface area (Å²) in [5, 5.41) is 2.73. The molecule has 3 heterocycles. The minimum atomic E-state index is -0.358. The average molecular weight is 393 g/mol. The summed E-state index contributed by atoms with van der Waals surface area (Å²) in [5.74, 6) is 2.10. The summed E-state index contributed by atoms with van der Waals surface area (Å²) >= 11 is 0. The molecule has 0 bridgehead atoms.